The molecule has 1 aromatic heterocycles. The average Bonchev–Trinajstić information content (AvgIpc) is 2.84. The Hall–Kier alpha value is -4.22. The van der Waals surface area contributed by atoms with Crippen LogP contribution >= 0.6 is 15.9 Å². The fourth-order valence-corrected chi connectivity index (χ4v) is 3.66. The Morgan fingerprint density at radius 2 is 1.91 bits per heavy atom. The summed E-state index contributed by atoms with van der Waals surface area (Å²) in [7, 11) is 0. The quantitative estimate of drug-likeness (QED) is 0.254. The lowest BCUT2D eigenvalue weighted by Crippen LogP contribution is -2.16. The van der Waals surface area contributed by atoms with Crippen LogP contribution in [0.5, 0.6) is 5.75 Å². The van der Waals surface area contributed by atoms with Crippen LogP contribution in [-0.4, -0.2) is 16.2 Å². The number of aromatic nitrogens is 2. The molecule has 3 aromatic carbocycles. The molecule has 0 radical (unpaired) electrons. The van der Waals surface area contributed by atoms with E-state index in [0.717, 1.165) is 21.2 Å². The van der Waals surface area contributed by atoms with Gasteiger partial charge in [0.25, 0.3) is 5.56 Å². The first-order valence-electron chi connectivity index (χ1n) is 10.4. The fourth-order valence-electron chi connectivity index (χ4n) is 3.28. The van der Waals surface area contributed by atoms with E-state index in [0.29, 0.717) is 17.9 Å². The van der Waals surface area contributed by atoms with Gasteiger partial charge in [-0.05, 0) is 36.2 Å². The Morgan fingerprint density at radius 3 is 2.68 bits per heavy atom. The van der Waals surface area contributed by atoms with E-state index < -0.39 is 5.56 Å². The number of nitriles is 1. The van der Waals surface area contributed by atoms with Crippen molar-refractivity contribution in [2.45, 2.75) is 13.5 Å². The van der Waals surface area contributed by atoms with Crippen molar-refractivity contribution in [3.63, 3.8) is 0 Å². The summed E-state index contributed by atoms with van der Waals surface area (Å²) >= 11 is 3.47. The molecule has 1 heterocycles. The molecule has 0 saturated carbocycles. The summed E-state index contributed by atoms with van der Waals surface area (Å²) in [6, 6.07) is 24.7. The van der Waals surface area contributed by atoms with E-state index in [1.54, 1.807) is 18.3 Å². The molecule has 0 aliphatic carbocycles. The second-order valence-corrected chi connectivity index (χ2v) is 8.30. The van der Waals surface area contributed by atoms with Crippen molar-refractivity contribution in [1.82, 2.24) is 9.97 Å². The highest BCUT2D eigenvalue weighted by molar-refractivity contribution is 9.10. The van der Waals surface area contributed by atoms with Crippen LogP contribution in [0.3, 0.4) is 0 Å². The standard InChI is InChI=1S/C26H20BrN5O2/c1-17-7-5-6-10-19(17)16-34-23-12-11-21(27)13-20(23)15-29-32-26-30-24(18-8-3-2-4-9-18)22(14-28)25(33)31-26/h2-13,15H,16H2,1H3,(H2,30,31,32,33). The minimum atomic E-state index is -0.543. The predicted molar refractivity (Wildman–Crippen MR) is 136 cm³/mol. The van der Waals surface area contributed by atoms with Crippen LogP contribution < -0.4 is 15.7 Å². The number of nitrogens with one attached hydrogen (secondary N) is 2. The normalized spacial score (nSPS) is 10.7. The third-order valence-electron chi connectivity index (χ3n) is 5.07. The molecule has 34 heavy (non-hydrogen) atoms. The summed E-state index contributed by atoms with van der Waals surface area (Å²) in [5, 5.41) is 13.6. The molecule has 0 atom stereocenters. The molecule has 7 nitrogen and oxygen atoms in total. The zero-order chi connectivity index (χ0) is 23.9. The van der Waals surface area contributed by atoms with E-state index in [-0.39, 0.29) is 17.2 Å². The van der Waals surface area contributed by atoms with Gasteiger partial charge in [-0.3, -0.25) is 9.78 Å². The SMILES string of the molecule is Cc1ccccc1COc1ccc(Br)cc1C=NNc1nc(-c2ccccc2)c(C#N)c(=O)[nH]1. The van der Waals surface area contributed by atoms with E-state index in [1.165, 1.54) is 0 Å². The number of rotatable bonds is 7. The Balaban J connectivity index is 1.56. The second kappa shape index (κ2) is 10.6. The molecule has 0 saturated heterocycles. The number of hydrogen-bond donors (Lipinski definition) is 2. The van der Waals surface area contributed by atoms with Gasteiger partial charge in [-0.15, -0.1) is 0 Å². The van der Waals surface area contributed by atoms with E-state index in [1.807, 2.05) is 73.7 Å². The zero-order valence-corrected chi connectivity index (χ0v) is 19.8. The van der Waals surface area contributed by atoms with Gasteiger partial charge in [0.1, 0.15) is 24.0 Å². The Labute approximate surface area is 204 Å². The van der Waals surface area contributed by atoms with Crippen LogP contribution in [-0.2, 0) is 6.61 Å². The van der Waals surface area contributed by atoms with Gasteiger partial charge in [-0.2, -0.15) is 10.4 Å². The number of hydrogen-bond acceptors (Lipinski definition) is 6. The number of hydrazone groups is 1. The summed E-state index contributed by atoms with van der Waals surface area (Å²) in [4.78, 5) is 19.3. The highest BCUT2D eigenvalue weighted by Crippen LogP contribution is 2.24. The molecular formula is C26H20BrN5O2. The maximum atomic E-state index is 12.4. The number of nitrogens with zero attached hydrogens (tertiary/aromatic N) is 3. The molecule has 0 amide bonds. The number of halogens is 1. The Bertz CT molecular complexity index is 1440. The first kappa shape index (κ1) is 23.0. The van der Waals surface area contributed by atoms with Gasteiger partial charge < -0.3 is 4.74 Å². The molecule has 0 aliphatic rings. The monoisotopic (exact) mass is 513 g/mol. The highest BCUT2D eigenvalue weighted by Gasteiger charge is 2.13. The molecule has 4 aromatic rings. The second-order valence-electron chi connectivity index (χ2n) is 7.38. The molecule has 0 bridgehead atoms. The van der Waals surface area contributed by atoms with E-state index in [4.69, 9.17) is 4.74 Å². The third-order valence-corrected chi connectivity index (χ3v) is 5.56. The molecule has 0 spiro atoms. The highest BCUT2D eigenvalue weighted by atomic mass is 79.9. The topological polar surface area (TPSA) is 103 Å². The molecule has 8 heteroatoms. The Morgan fingerprint density at radius 1 is 1.15 bits per heavy atom. The predicted octanol–water partition coefficient (Wildman–Crippen LogP) is 5.40. The molecule has 2 N–H and O–H groups in total. The lowest BCUT2D eigenvalue weighted by Gasteiger charge is -2.11. The van der Waals surface area contributed by atoms with Crippen LogP contribution in [0, 0.1) is 18.3 Å². The van der Waals surface area contributed by atoms with Gasteiger partial charge in [0.15, 0.2) is 0 Å². The van der Waals surface area contributed by atoms with Gasteiger partial charge in [-0.1, -0.05) is 70.5 Å². The number of anilines is 1. The van der Waals surface area contributed by atoms with Gasteiger partial charge in [0, 0.05) is 15.6 Å². The number of benzene rings is 3. The number of ether oxygens (including phenoxy) is 1. The van der Waals surface area contributed by atoms with Gasteiger partial charge in [-0.25, -0.2) is 10.4 Å². The maximum Gasteiger partial charge on any atom is 0.270 e. The summed E-state index contributed by atoms with van der Waals surface area (Å²) in [5.74, 6) is 0.778. The van der Waals surface area contributed by atoms with Crippen molar-refractivity contribution in [3.05, 3.63) is 110 Å². The summed E-state index contributed by atoms with van der Waals surface area (Å²) in [6.45, 7) is 2.47. The molecule has 0 unspecified atom stereocenters. The third kappa shape index (κ3) is 5.39. The van der Waals surface area contributed by atoms with E-state index in [2.05, 4.69) is 36.4 Å². The van der Waals surface area contributed by atoms with Crippen molar-refractivity contribution in [2.75, 3.05) is 5.43 Å². The van der Waals surface area contributed by atoms with Crippen LogP contribution in [0.15, 0.2) is 87.2 Å². The van der Waals surface area contributed by atoms with Crippen LogP contribution in [0.2, 0.25) is 0 Å². The average molecular weight is 514 g/mol. The Kier molecular flexibility index (Phi) is 7.16. The number of aryl methyl sites for hydroxylation is 1. The van der Waals surface area contributed by atoms with Crippen LogP contribution in [0.1, 0.15) is 22.3 Å². The largest absolute Gasteiger partial charge is 0.488 e. The van der Waals surface area contributed by atoms with Crippen molar-refractivity contribution >= 4 is 28.1 Å². The number of aromatic amines is 1. The van der Waals surface area contributed by atoms with Crippen molar-refractivity contribution in [3.8, 4) is 23.1 Å². The molecule has 0 aliphatic heterocycles. The first-order chi connectivity index (χ1) is 16.5. The van der Waals surface area contributed by atoms with Crippen molar-refractivity contribution in [2.24, 2.45) is 5.10 Å². The van der Waals surface area contributed by atoms with Gasteiger partial charge in [0.05, 0.1) is 11.9 Å². The van der Waals surface area contributed by atoms with Gasteiger partial charge in [0.2, 0.25) is 5.95 Å². The smallest absolute Gasteiger partial charge is 0.270 e. The summed E-state index contributed by atoms with van der Waals surface area (Å²) < 4.78 is 6.91. The minimum Gasteiger partial charge on any atom is -0.488 e. The van der Waals surface area contributed by atoms with Gasteiger partial charge >= 0.3 is 0 Å². The lowest BCUT2D eigenvalue weighted by atomic mass is 10.1. The lowest BCUT2D eigenvalue weighted by molar-refractivity contribution is 0.305. The molecule has 168 valence electrons. The summed E-state index contributed by atoms with van der Waals surface area (Å²) in [5.41, 5.74) is 6.08. The van der Waals surface area contributed by atoms with Crippen molar-refractivity contribution < 1.29 is 4.74 Å². The molecular weight excluding hydrogens is 494 g/mol. The summed E-state index contributed by atoms with van der Waals surface area (Å²) in [6.07, 6.45) is 1.58. The molecule has 4 rings (SSSR count). The first-order valence-corrected chi connectivity index (χ1v) is 11.2. The van der Waals surface area contributed by atoms with Crippen molar-refractivity contribution in [1.29, 1.82) is 5.26 Å². The minimum absolute atomic E-state index is 0.0559. The van der Waals surface area contributed by atoms with E-state index in [9.17, 15) is 10.1 Å². The molecule has 0 fully saturated rings. The van der Waals surface area contributed by atoms with Crippen LogP contribution in [0.4, 0.5) is 5.95 Å². The zero-order valence-electron chi connectivity index (χ0n) is 18.2. The fraction of sp³-hybridized carbons (Fsp3) is 0.0769. The maximum absolute atomic E-state index is 12.4. The van der Waals surface area contributed by atoms with E-state index >= 15 is 0 Å². The number of H-pyrrole nitrogens is 1. The van der Waals surface area contributed by atoms with Crippen LogP contribution in [0.25, 0.3) is 11.3 Å².